The number of phosphoric acid groups is 1. The normalized spacial score (nSPS) is 12.0. The summed E-state index contributed by atoms with van der Waals surface area (Å²) < 4.78 is 10.2. The first-order valence-electron chi connectivity index (χ1n) is 16.9. The van der Waals surface area contributed by atoms with E-state index in [2.05, 4.69) is 27.7 Å². The maximum Gasteiger partial charge on any atom is 0.262 e. The minimum Gasteiger partial charge on any atom is -0.756 e. The van der Waals surface area contributed by atoms with Crippen molar-refractivity contribution < 1.29 is 23.7 Å². The topological polar surface area (TPSA) is 80.6 Å². The van der Waals surface area contributed by atoms with E-state index in [1.54, 1.807) is 0 Å². The van der Waals surface area contributed by atoms with Crippen molar-refractivity contribution in [1.82, 2.24) is 0 Å². The van der Waals surface area contributed by atoms with Gasteiger partial charge in [-0.2, -0.15) is 0 Å². The minimum atomic E-state index is -4.89. The van der Waals surface area contributed by atoms with E-state index in [-0.39, 0.29) is 0 Å². The van der Waals surface area contributed by atoms with Gasteiger partial charge < -0.3 is 19.2 Å². The van der Waals surface area contributed by atoms with Gasteiger partial charge in [0, 0.05) is 0 Å². The highest BCUT2D eigenvalue weighted by Gasteiger charge is 2.23. The Labute approximate surface area is 239 Å². The van der Waals surface area contributed by atoms with E-state index in [0.717, 1.165) is 0 Å². The predicted molar refractivity (Wildman–Crippen MR) is 165 cm³/mol. The number of unbranched alkanes of at least 4 members (excludes halogenated alkanes) is 21. The van der Waals surface area contributed by atoms with Gasteiger partial charge in [0.15, 0.2) is 0 Å². The molecule has 0 bridgehead atoms. The summed E-state index contributed by atoms with van der Waals surface area (Å²) >= 11 is 0. The van der Waals surface area contributed by atoms with Crippen molar-refractivity contribution in [2.24, 2.45) is 0 Å². The zero-order valence-corrected chi connectivity index (χ0v) is 27.3. The third kappa shape index (κ3) is 34.1. The molecule has 0 atom stereocenters. The van der Waals surface area contributed by atoms with Gasteiger partial charge in [-0.05, 0) is 45.4 Å². The van der Waals surface area contributed by atoms with Crippen LogP contribution in [0.1, 0.15) is 182 Å². The predicted octanol–water partition coefficient (Wildman–Crippen LogP) is 9.68. The van der Waals surface area contributed by atoms with Gasteiger partial charge in [0.25, 0.3) is 7.82 Å². The lowest BCUT2D eigenvalue weighted by atomic mass is 10.0. The van der Waals surface area contributed by atoms with Crippen LogP contribution in [0.25, 0.3) is 0 Å². The number of nitrogens with zero attached hydrogens (tertiary/aromatic N) is 1. The summed E-state index contributed by atoms with van der Waals surface area (Å²) in [6.45, 7) is 15.2. The van der Waals surface area contributed by atoms with Crippen LogP contribution in [-0.2, 0) is 4.57 Å². The van der Waals surface area contributed by atoms with Crippen LogP contribution in [0.15, 0.2) is 0 Å². The Morgan fingerprint density at radius 1 is 0.447 bits per heavy atom. The summed E-state index contributed by atoms with van der Waals surface area (Å²) in [4.78, 5) is 22.9. The second-order valence-electron chi connectivity index (χ2n) is 11.7. The highest BCUT2D eigenvalue weighted by Crippen LogP contribution is 2.20. The van der Waals surface area contributed by atoms with Crippen molar-refractivity contribution in [2.75, 3.05) is 26.2 Å². The number of hydrogen-bond donors (Lipinski definition) is 2. The Balaban J connectivity index is 0. The molecule has 0 aromatic rings. The molecule has 0 fully saturated rings. The smallest absolute Gasteiger partial charge is 0.262 e. The molecule has 5 nitrogen and oxygen atoms in total. The van der Waals surface area contributed by atoms with Gasteiger partial charge in [-0.25, -0.2) is 0 Å². The quantitative estimate of drug-likeness (QED) is 0.0564. The molecule has 0 heterocycles. The molecule has 0 unspecified atom stereocenters. The Hall–Kier alpha value is 0.0700. The Bertz CT molecular complexity index is 439. The van der Waals surface area contributed by atoms with Crippen molar-refractivity contribution in [3.63, 3.8) is 0 Å². The van der Waals surface area contributed by atoms with E-state index in [1.165, 1.54) is 185 Å². The molecular weight excluding hydrogens is 493 g/mol. The fourth-order valence-corrected chi connectivity index (χ4v) is 5.55. The van der Waals surface area contributed by atoms with Gasteiger partial charge >= 0.3 is 0 Å². The molecule has 0 saturated heterocycles. The summed E-state index contributed by atoms with van der Waals surface area (Å²) in [6, 6.07) is 0. The van der Waals surface area contributed by atoms with Crippen LogP contribution in [-0.4, -0.2) is 40.4 Å². The molecule has 0 aromatic heterocycles. The lowest BCUT2D eigenvalue weighted by Gasteiger charge is -2.38. The third-order valence-corrected chi connectivity index (χ3v) is 8.13. The van der Waals surface area contributed by atoms with E-state index in [0.29, 0.717) is 0 Å². The zero-order chi connectivity index (χ0) is 28.8. The molecule has 0 saturated carbocycles. The summed E-state index contributed by atoms with van der Waals surface area (Å²) in [6.07, 6.45) is 34.9. The molecule has 0 aliphatic carbocycles. The number of rotatable bonds is 28. The van der Waals surface area contributed by atoms with E-state index >= 15 is 0 Å². The van der Waals surface area contributed by atoms with Crippen molar-refractivity contribution >= 4 is 7.82 Å². The molecular formula is C32H70NO4P. The van der Waals surface area contributed by atoms with E-state index in [4.69, 9.17) is 19.2 Å². The van der Waals surface area contributed by atoms with Gasteiger partial charge in [-0.1, -0.05) is 136 Å². The Morgan fingerprint density at radius 3 is 0.816 bits per heavy atom. The first-order valence-corrected chi connectivity index (χ1v) is 18.4. The average Bonchev–Trinajstić information content (AvgIpc) is 2.87. The number of hydrogen-bond acceptors (Lipinski definition) is 2. The van der Waals surface area contributed by atoms with Gasteiger partial charge in [0.2, 0.25) is 0 Å². The van der Waals surface area contributed by atoms with Gasteiger partial charge in [0.1, 0.15) is 0 Å². The van der Waals surface area contributed by atoms with Gasteiger partial charge in [-0.15, -0.1) is 0 Å². The van der Waals surface area contributed by atoms with Crippen molar-refractivity contribution in [1.29, 1.82) is 0 Å². The van der Waals surface area contributed by atoms with Crippen LogP contribution in [0.3, 0.4) is 0 Å². The standard InChI is InChI=1S/C32H68N.H3O4P/c1-5-9-12-15-18-21-24-27-30-33(8-4,31-28-25-22-19-16-13-10-6-2)32-29-26-23-20-17-14-11-7-3;1-5(2,3)4/h5-32H2,1-4H3;(H3,1,2,3,4)/q+1;/p-1. The molecule has 6 heteroatoms. The minimum absolute atomic E-state index is 1.36. The van der Waals surface area contributed by atoms with Crippen LogP contribution in [0.4, 0.5) is 0 Å². The lowest BCUT2D eigenvalue weighted by Crippen LogP contribution is -2.50. The van der Waals surface area contributed by atoms with E-state index in [1.807, 2.05) is 0 Å². The fourth-order valence-electron chi connectivity index (χ4n) is 5.55. The molecule has 0 aliphatic heterocycles. The monoisotopic (exact) mass is 564 g/mol. The van der Waals surface area contributed by atoms with E-state index < -0.39 is 7.82 Å². The van der Waals surface area contributed by atoms with Crippen LogP contribution in [0.5, 0.6) is 0 Å². The SMILES string of the molecule is CCCCCCCCCC[N+](CC)(CCCCCCCCCC)CCCCCCCCCC.O=P([O-])(O)O. The largest absolute Gasteiger partial charge is 0.756 e. The van der Waals surface area contributed by atoms with Crippen LogP contribution >= 0.6 is 7.82 Å². The van der Waals surface area contributed by atoms with Crippen molar-refractivity contribution in [3.8, 4) is 0 Å². The molecule has 0 radical (unpaired) electrons. The molecule has 38 heavy (non-hydrogen) atoms. The molecule has 0 rings (SSSR count). The number of quaternary nitrogens is 1. The van der Waals surface area contributed by atoms with E-state index in [9.17, 15) is 0 Å². The van der Waals surface area contributed by atoms with Crippen molar-refractivity contribution in [3.05, 3.63) is 0 Å². The first-order chi connectivity index (χ1) is 18.2. The third-order valence-electron chi connectivity index (χ3n) is 8.13. The molecule has 2 N–H and O–H groups in total. The summed E-state index contributed by atoms with van der Waals surface area (Å²) in [5.74, 6) is 0. The molecule has 0 aromatic carbocycles. The molecule has 232 valence electrons. The van der Waals surface area contributed by atoms with Gasteiger partial charge in [0.05, 0.1) is 26.2 Å². The summed E-state index contributed by atoms with van der Waals surface area (Å²) in [7, 11) is -4.89. The van der Waals surface area contributed by atoms with Crippen LogP contribution < -0.4 is 4.89 Å². The average molecular weight is 564 g/mol. The Kier molecular flexibility index (Phi) is 31.8. The fraction of sp³-hybridized carbons (Fsp3) is 1.00. The van der Waals surface area contributed by atoms with Crippen LogP contribution in [0.2, 0.25) is 0 Å². The van der Waals surface area contributed by atoms with Gasteiger partial charge in [-0.3, -0.25) is 4.57 Å². The zero-order valence-electron chi connectivity index (χ0n) is 26.4. The lowest BCUT2D eigenvalue weighted by molar-refractivity contribution is -0.927. The highest BCUT2D eigenvalue weighted by atomic mass is 31.2. The highest BCUT2D eigenvalue weighted by molar-refractivity contribution is 7.43. The maximum atomic E-state index is 8.77. The molecule has 0 aliphatic rings. The second-order valence-corrected chi connectivity index (χ2v) is 12.7. The van der Waals surface area contributed by atoms with Crippen LogP contribution in [0, 0.1) is 0 Å². The Morgan fingerprint density at radius 2 is 0.632 bits per heavy atom. The molecule has 0 amide bonds. The van der Waals surface area contributed by atoms with Crippen molar-refractivity contribution in [2.45, 2.75) is 182 Å². The second kappa shape index (κ2) is 30.0. The summed E-state index contributed by atoms with van der Waals surface area (Å²) in [5, 5.41) is 0. The maximum absolute atomic E-state index is 8.77. The molecule has 0 spiro atoms. The summed E-state index contributed by atoms with van der Waals surface area (Å²) in [5.41, 5.74) is 0. The first kappa shape index (κ1) is 40.2.